The van der Waals surface area contributed by atoms with E-state index in [0.717, 1.165) is 16.6 Å². The van der Waals surface area contributed by atoms with E-state index in [1.165, 1.54) is 11.3 Å². The highest BCUT2D eigenvalue weighted by molar-refractivity contribution is 9.11. The first-order valence-electron chi connectivity index (χ1n) is 5.14. The van der Waals surface area contributed by atoms with Gasteiger partial charge in [-0.15, -0.1) is 11.3 Å². The van der Waals surface area contributed by atoms with E-state index in [9.17, 15) is 4.79 Å². The van der Waals surface area contributed by atoms with Gasteiger partial charge >= 0.3 is 0 Å². The molecule has 1 heterocycles. The normalized spacial score (nSPS) is 17.8. The first-order valence-corrected chi connectivity index (χ1v) is 6.81. The fourth-order valence-corrected chi connectivity index (χ4v) is 2.72. The largest absolute Gasteiger partial charge is 0.409 e. The van der Waals surface area contributed by atoms with Gasteiger partial charge in [0.1, 0.15) is 0 Å². The van der Waals surface area contributed by atoms with Crippen LogP contribution in [0.25, 0.3) is 0 Å². The third-order valence-electron chi connectivity index (χ3n) is 2.64. The molecular formula is C10H12BrN3O2S. The van der Waals surface area contributed by atoms with Gasteiger partial charge in [0.25, 0.3) is 5.91 Å². The van der Waals surface area contributed by atoms with E-state index >= 15 is 0 Å². The van der Waals surface area contributed by atoms with Gasteiger partial charge in [-0.25, -0.2) is 0 Å². The predicted molar refractivity (Wildman–Crippen MR) is 69.4 cm³/mol. The van der Waals surface area contributed by atoms with Crippen LogP contribution in [-0.4, -0.2) is 23.0 Å². The molecule has 0 saturated heterocycles. The second kappa shape index (κ2) is 5.05. The van der Waals surface area contributed by atoms with Crippen LogP contribution in [0.5, 0.6) is 0 Å². The summed E-state index contributed by atoms with van der Waals surface area (Å²) in [6, 6.07) is 1.38. The van der Waals surface area contributed by atoms with E-state index in [2.05, 4.69) is 26.4 Å². The van der Waals surface area contributed by atoms with Gasteiger partial charge in [0, 0.05) is 5.38 Å². The zero-order chi connectivity index (χ0) is 12.4. The van der Waals surface area contributed by atoms with E-state index in [1.807, 2.05) is 0 Å². The molecule has 7 heteroatoms. The molecule has 1 atom stereocenters. The van der Waals surface area contributed by atoms with Gasteiger partial charge in [0.2, 0.25) is 0 Å². The van der Waals surface area contributed by atoms with Gasteiger partial charge < -0.3 is 16.3 Å². The van der Waals surface area contributed by atoms with Crippen LogP contribution in [0.3, 0.4) is 0 Å². The van der Waals surface area contributed by atoms with Crippen LogP contribution in [0, 0.1) is 5.92 Å². The molecule has 5 nitrogen and oxygen atoms in total. The predicted octanol–water partition coefficient (Wildman–Crippen LogP) is 1.77. The van der Waals surface area contributed by atoms with Crippen LogP contribution >= 0.6 is 27.3 Å². The molecule has 1 fully saturated rings. The van der Waals surface area contributed by atoms with E-state index in [0.29, 0.717) is 5.56 Å². The smallest absolute Gasteiger partial charge is 0.252 e. The lowest BCUT2D eigenvalue weighted by Crippen LogP contribution is -2.46. The summed E-state index contributed by atoms with van der Waals surface area (Å²) in [4.78, 5) is 11.9. The average molecular weight is 318 g/mol. The van der Waals surface area contributed by atoms with E-state index in [4.69, 9.17) is 10.9 Å². The molecule has 4 N–H and O–H groups in total. The maximum atomic E-state index is 11.9. The molecule has 0 bridgehead atoms. The lowest BCUT2D eigenvalue weighted by molar-refractivity contribution is 0.0943. The third-order valence-corrected chi connectivity index (χ3v) is 4.15. The molecule has 0 aromatic carbocycles. The van der Waals surface area contributed by atoms with Crippen molar-refractivity contribution in [2.24, 2.45) is 16.8 Å². The molecule has 1 aromatic rings. The number of nitrogens with one attached hydrogen (secondary N) is 1. The zero-order valence-corrected chi connectivity index (χ0v) is 11.3. The summed E-state index contributed by atoms with van der Waals surface area (Å²) < 4.78 is 0.898. The third kappa shape index (κ3) is 2.98. The average Bonchev–Trinajstić information content (AvgIpc) is 3.06. The highest BCUT2D eigenvalue weighted by Crippen LogP contribution is 2.33. The second-order valence-corrected chi connectivity index (χ2v) is 6.24. The minimum atomic E-state index is -0.369. The number of carbonyl (C=O) groups excluding carboxylic acids is 1. The summed E-state index contributed by atoms with van der Waals surface area (Å²) in [6.07, 6.45) is 1.99. The highest BCUT2D eigenvalue weighted by Gasteiger charge is 2.35. The number of rotatable bonds is 4. The van der Waals surface area contributed by atoms with Gasteiger partial charge in [-0.3, -0.25) is 4.79 Å². The molecule has 17 heavy (non-hydrogen) atoms. The van der Waals surface area contributed by atoms with E-state index in [-0.39, 0.29) is 23.7 Å². The van der Waals surface area contributed by atoms with Crippen LogP contribution < -0.4 is 11.1 Å². The van der Waals surface area contributed by atoms with Gasteiger partial charge in [0.15, 0.2) is 5.84 Å². The van der Waals surface area contributed by atoms with Crippen LogP contribution in [0.4, 0.5) is 0 Å². The summed E-state index contributed by atoms with van der Waals surface area (Å²) in [5, 5.41) is 16.2. The van der Waals surface area contributed by atoms with E-state index in [1.54, 1.807) is 11.4 Å². The first-order chi connectivity index (χ1) is 8.11. The topological polar surface area (TPSA) is 87.7 Å². The van der Waals surface area contributed by atoms with Crippen molar-refractivity contribution < 1.29 is 10.0 Å². The summed E-state index contributed by atoms with van der Waals surface area (Å²) in [5.41, 5.74) is 6.15. The molecule has 1 amide bonds. The number of halogens is 1. The molecule has 0 aliphatic heterocycles. The molecule has 2 rings (SSSR count). The fraction of sp³-hybridized carbons (Fsp3) is 0.400. The van der Waals surface area contributed by atoms with Crippen LogP contribution in [0.1, 0.15) is 23.2 Å². The number of thiophene rings is 1. The van der Waals surface area contributed by atoms with Crippen molar-refractivity contribution in [3.05, 3.63) is 20.8 Å². The lowest BCUT2D eigenvalue weighted by atomic mass is 10.1. The summed E-state index contributed by atoms with van der Waals surface area (Å²) in [5.74, 6) is 0.155. The zero-order valence-electron chi connectivity index (χ0n) is 8.89. The molecule has 1 aliphatic carbocycles. The molecule has 0 radical (unpaired) electrons. The van der Waals surface area contributed by atoms with Crippen LogP contribution in [-0.2, 0) is 0 Å². The Morgan fingerprint density at radius 2 is 2.41 bits per heavy atom. The summed E-state index contributed by atoms with van der Waals surface area (Å²) in [7, 11) is 0. The maximum absolute atomic E-state index is 11.9. The maximum Gasteiger partial charge on any atom is 0.252 e. The number of oxime groups is 1. The van der Waals surface area contributed by atoms with E-state index < -0.39 is 0 Å². The Labute approximate surface area is 111 Å². The Morgan fingerprint density at radius 1 is 1.71 bits per heavy atom. The van der Waals surface area contributed by atoms with Crippen LogP contribution in [0.2, 0.25) is 0 Å². The minimum Gasteiger partial charge on any atom is -0.409 e. The van der Waals surface area contributed by atoms with Crippen molar-refractivity contribution in [1.82, 2.24) is 5.32 Å². The standard InChI is InChI=1S/C10H12BrN3O2S/c11-7-3-6(4-17-7)10(15)13-8(5-1-2-5)9(12)14-16/h3-5,8,16H,1-2H2,(H2,12,14)(H,13,15). The van der Waals surface area contributed by atoms with Crippen molar-refractivity contribution in [3.63, 3.8) is 0 Å². The van der Waals surface area contributed by atoms with Crippen LogP contribution in [0.15, 0.2) is 20.4 Å². The Hall–Kier alpha value is -1.08. The van der Waals surface area contributed by atoms with Crippen molar-refractivity contribution >= 4 is 39.0 Å². The summed E-state index contributed by atoms with van der Waals surface area (Å²) >= 11 is 4.74. The molecule has 1 unspecified atom stereocenters. The first kappa shape index (κ1) is 12.4. The minimum absolute atomic E-state index is 0.0649. The number of nitrogens with two attached hydrogens (primary N) is 1. The molecule has 0 spiro atoms. The van der Waals surface area contributed by atoms with Crippen molar-refractivity contribution in [2.45, 2.75) is 18.9 Å². The number of hydrogen-bond donors (Lipinski definition) is 3. The number of carbonyl (C=O) groups is 1. The SMILES string of the molecule is NC(=NO)C(NC(=O)c1csc(Br)c1)C1CC1. The van der Waals surface area contributed by atoms with Gasteiger partial charge in [0.05, 0.1) is 15.4 Å². The Morgan fingerprint density at radius 3 is 2.88 bits per heavy atom. The molecule has 1 aromatic heterocycles. The fourth-order valence-electron chi connectivity index (χ4n) is 1.58. The summed E-state index contributed by atoms with van der Waals surface area (Å²) in [6.45, 7) is 0. The molecular weight excluding hydrogens is 306 g/mol. The molecule has 1 saturated carbocycles. The second-order valence-electron chi connectivity index (χ2n) is 3.95. The number of amides is 1. The number of hydrogen-bond acceptors (Lipinski definition) is 4. The Kier molecular flexibility index (Phi) is 3.68. The number of nitrogens with zero attached hydrogens (tertiary/aromatic N) is 1. The Balaban J connectivity index is 2.05. The number of amidine groups is 1. The van der Waals surface area contributed by atoms with Crippen molar-refractivity contribution in [1.29, 1.82) is 0 Å². The monoisotopic (exact) mass is 317 g/mol. The van der Waals surface area contributed by atoms with Crippen molar-refractivity contribution in [2.75, 3.05) is 0 Å². The van der Waals surface area contributed by atoms with Crippen molar-refractivity contribution in [3.8, 4) is 0 Å². The lowest BCUT2D eigenvalue weighted by Gasteiger charge is -2.15. The van der Waals surface area contributed by atoms with Gasteiger partial charge in [-0.05, 0) is 40.8 Å². The molecule has 92 valence electrons. The quantitative estimate of drug-likeness (QED) is 0.342. The highest BCUT2D eigenvalue weighted by atomic mass is 79.9. The van der Waals surface area contributed by atoms with Gasteiger partial charge in [-0.2, -0.15) is 0 Å². The molecule has 1 aliphatic rings. The Bertz CT molecular complexity index is 456. The van der Waals surface area contributed by atoms with Gasteiger partial charge in [-0.1, -0.05) is 5.16 Å².